The van der Waals surface area contributed by atoms with Crippen molar-refractivity contribution < 1.29 is 9.47 Å². The maximum absolute atomic E-state index is 5.17. The Morgan fingerprint density at radius 1 is 1.21 bits per heavy atom. The first kappa shape index (κ1) is 11.3. The molecule has 0 fully saturated rings. The number of fused-ring (bicyclic) bond motifs is 1. The SMILES string of the molecule is Br.COc1nc2c(OC)cccc2s1. The normalized spacial score (nSPS) is 9.57. The van der Waals surface area contributed by atoms with Crippen LogP contribution in [0.2, 0.25) is 0 Å². The first-order valence-electron chi connectivity index (χ1n) is 3.82. The molecule has 1 heterocycles. The number of nitrogens with zero attached hydrogens (tertiary/aromatic N) is 1. The lowest BCUT2D eigenvalue weighted by Gasteiger charge is -1.97. The van der Waals surface area contributed by atoms with Crippen molar-refractivity contribution in [1.29, 1.82) is 0 Å². The van der Waals surface area contributed by atoms with E-state index in [1.807, 2.05) is 18.2 Å². The summed E-state index contributed by atoms with van der Waals surface area (Å²) in [5.74, 6) is 0.789. The van der Waals surface area contributed by atoms with Gasteiger partial charge in [0.2, 0.25) is 0 Å². The number of hydrogen-bond acceptors (Lipinski definition) is 4. The molecule has 76 valence electrons. The molecule has 1 aromatic carbocycles. The summed E-state index contributed by atoms with van der Waals surface area (Å²) in [5, 5.41) is 0.666. The summed E-state index contributed by atoms with van der Waals surface area (Å²) in [7, 11) is 3.25. The lowest BCUT2D eigenvalue weighted by Crippen LogP contribution is -1.84. The third kappa shape index (κ3) is 1.83. The molecule has 2 rings (SSSR count). The molecule has 0 atom stereocenters. The van der Waals surface area contributed by atoms with E-state index in [9.17, 15) is 0 Å². The Kier molecular flexibility index (Phi) is 3.71. The van der Waals surface area contributed by atoms with Gasteiger partial charge in [-0.15, -0.1) is 17.0 Å². The lowest BCUT2D eigenvalue weighted by atomic mass is 10.3. The van der Waals surface area contributed by atoms with Crippen LogP contribution in [-0.2, 0) is 0 Å². The first-order chi connectivity index (χ1) is 6.35. The van der Waals surface area contributed by atoms with E-state index in [2.05, 4.69) is 4.98 Å². The highest BCUT2D eigenvalue weighted by atomic mass is 79.9. The molecule has 14 heavy (non-hydrogen) atoms. The minimum Gasteiger partial charge on any atom is -0.494 e. The number of hydrogen-bond donors (Lipinski definition) is 0. The Hall–Kier alpha value is -0.810. The molecule has 0 radical (unpaired) electrons. The first-order valence-corrected chi connectivity index (χ1v) is 4.64. The molecule has 0 aliphatic rings. The molecule has 0 N–H and O–H groups in total. The number of para-hydroxylation sites is 1. The van der Waals surface area contributed by atoms with Crippen LogP contribution in [-0.4, -0.2) is 19.2 Å². The largest absolute Gasteiger partial charge is 0.494 e. The summed E-state index contributed by atoms with van der Waals surface area (Å²) in [5.41, 5.74) is 0.867. The van der Waals surface area contributed by atoms with Crippen molar-refractivity contribution in [2.24, 2.45) is 0 Å². The van der Waals surface area contributed by atoms with Crippen molar-refractivity contribution >= 4 is 38.5 Å². The van der Waals surface area contributed by atoms with E-state index in [0.717, 1.165) is 16.0 Å². The third-order valence-corrected chi connectivity index (χ3v) is 2.74. The van der Waals surface area contributed by atoms with Crippen molar-refractivity contribution in [2.45, 2.75) is 0 Å². The Morgan fingerprint density at radius 3 is 2.64 bits per heavy atom. The molecule has 0 bridgehead atoms. The number of halogens is 1. The van der Waals surface area contributed by atoms with Gasteiger partial charge in [-0.1, -0.05) is 17.4 Å². The summed E-state index contributed by atoms with van der Waals surface area (Å²) < 4.78 is 11.3. The molecule has 0 saturated heterocycles. The molecule has 0 saturated carbocycles. The average molecular weight is 276 g/mol. The lowest BCUT2D eigenvalue weighted by molar-refractivity contribution is 0.408. The van der Waals surface area contributed by atoms with Gasteiger partial charge >= 0.3 is 0 Å². The Balaban J connectivity index is 0.000000980. The van der Waals surface area contributed by atoms with Crippen LogP contribution >= 0.6 is 28.3 Å². The number of thiazole rings is 1. The van der Waals surface area contributed by atoms with Gasteiger partial charge in [0.15, 0.2) is 0 Å². The maximum Gasteiger partial charge on any atom is 0.274 e. The average Bonchev–Trinajstić information content (AvgIpc) is 2.59. The number of rotatable bonds is 2. The van der Waals surface area contributed by atoms with Gasteiger partial charge in [0.25, 0.3) is 5.19 Å². The van der Waals surface area contributed by atoms with Crippen LogP contribution in [0.1, 0.15) is 0 Å². The predicted molar refractivity (Wildman–Crippen MR) is 63.0 cm³/mol. The smallest absolute Gasteiger partial charge is 0.274 e. The molecule has 0 amide bonds. The summed E-state index contributed by atoms with van der Waals surface area (Å²) in [6.07, 6.45) is 0. The highest BCUT2D eigenvalue weighted by molar-refractivity contribution is 8.93. The zero-order valence-electron chi connectivity index (χ0n) is 7.81. The van der Waals surface area contributed by atoms with E-state index in [1.165, 1.54) is 11.3 Å². The van der Waals surface area contributed by atoms with E-state index in [4.69, 9.17) is 9.47 Å². The second-order valence-corrected chi connectivity index (χ2v) is 3.48. The molecule has 0 unspecified atom stereocenters. The molecule has 2 aromatic rings. The minimum atomic E-state index is 0. The Morgan fingerprint density at radius 2 is 2.00 bits per heavy atom. The van der Waals surface area contributed by atoms with Gasteiger partial charge in [-0.2, -0.15) is 4.98 Å². The maximum atomic E-state index is 5.17. The standard InChI is InChI=1S/C9H9NO2S.BrH/c1-11-6-4-3-5-7-8(6)10-9(12-2)13-7;/h3-5H,1-2H3;1H. The van der Waals surface area contributed by atoms with E-state index < -0.39 is 0 Å². The van der Waals surface area contributed by atoms with Crippen molar-refractivity contribution in [1.82, 2.24) is 4.98 Å². The van der Waals surface area contributed by atoms with Gasteiger partial charge in [-0.3, -0.25) is 0 Å². The monoisotopic (exact) mass is 275 g/mol. The molecule has 5 heteroatoms. The van der Waals surface area contributed by atoms with E-state index in [0.29, 0.717) is 5.19 Å². The number of benzene rings is 1. The summed E-state index contributed by atoms with van der Waals surface area (Å²) in [6, 6.07) is 5.83. The molecule has 3 nitrogen and oxygen atoms in total. The number of aromatic nitrogens is 1. The fraction of sp³-hybridized carbons (Fsp3) is 0.222. The van der Waals surface area contributed by atoms with Gasteiger partial charge in [-0.05, 0) is 12.1 Å². The predicted octanol–water partition coefficient (Wildman–Crippen LogP) is 2.89. The highest BCUT2D eigenvalue weighted by Gasteiger charge is 2.07. The van der Waals surface area contributed by atoms with Crippen LogP contribution in [0, 0.1) is 0 Å². The molecule has 0 aliphatic carbocycles. The van der Waals surface area contributed by atoms with Crippen LogP contribution in [0.3, 0.4) is 0 Å². The molecule has 0 spiro atoms. The molecular weight excluding hydrogens is 266 g/mol. The summed E-state index contributed by atoms with van der Waals surface area (Å²) in [6.45, 7) is 0. The van der Waals surface area contributed by atoms with Crippen LogP contribution in [0.4, 0.5) is 0 Å². The highest BCUT2D eigenvalue weighted by Crippen LogP contribution is 2.32. The summed E-state index contributed by atoms with van der Waals surface area (Å²) in [4.78, 5) is 4.27. The van der Waals surface area contributed by atoms with Crippen molar-refractivity contribution in [2.75, 3.05) is 14.2 Å². The van der Waals surface area contributed by atoms with Gasteiger partial charge in [0.1, 0.15) is 11.3 Å². The minimum absolute atomic E-state index is 0. The van der Waals surface area contributed by atoms with Crippen LogP contribution < -0.4 is 9.47 Å². The van der Waals surface area contributed by atoms with Crippen LogP contribution in [0.5, 0.6) is 10.9 Å². The second-order valence-electron chi connectivity index (χ2n) is 2.49. The number of ether oxygens (including phenoxy) is 2. The topological polar surface area (TPSA) is 31.4 Å². The quantitative estimate of drug-likeness (QED) is 0.845. The van der Waals surface area contributed by atoms with E-state index in [1.54, 1.807) is 14.2 Å². The summed E-state index contributed by atoms with van der Waals surface area (Å²) >= 11 is 1.51. The van der Waals surface area contributed by atoms with E-state index >= 15 is 0 Å². The Labute approximate surface area is 96.4 Å². The van der Waals surface area contributed by atoms with Gasteiger partial charge in [0, 0.05) is 0 Å². The molecule has 1 aromatic heterocycles. The van der Waals surface area contributed by atoms with E-state index in [-0.39, 0.29) is 17.0 Å². The van der Waals surface area contributed by atoms with Crippen molar-refractivity contribution in [3.8, 4) is 10.9 Å². The van der Waals surface area contributed by atoms with Crippen LogP contribution in [0.15, 0.2) is 18.2 Å². The second kappa shape index (κ2) is 4.61. The zero-order valence-corrected chi connectivity index (χ0v) is 10.3. The number of methoxy groups -OCH3 is 2. The van der Waals surface area contributed by atoms with Crippen LogP contribution in [0.25, 0.3) is 10.2 Å². The Bertz CT molecular complexity index is 430. The van der Waals surface area contributed by atoms with Crippen molar-refractivity contribution in [3.63, 3.8) is 0 Å². The van der Waals surface area contributed by atoms with Gasteiger partial charge in [-0.25, -0.2) is 0 Å². The van der Waals surface area contributed by atoms with Gasteiger partial charge in [0.05, 0.1) is 18.9 Å². The molecule has 0 aliphatic heterocycles. The van der Waals surface area contributed by atoms with Crippen molar-refractivity contribution in [3.05, 3.63) is 18.2 Å². The fourth-order valence-corrected chi connectivity index (χ4v) is 1.95. The zero-order chi connectivity index (χ0) is 9.26. The fourth-order valence-electron chi connectivity index (χ4n) is 1.15. The van der Waals surface area contributed by atoms with Gasteiger partial charge < -0.3 is 9.47 Å². The third-order valence-electron chi connectivity index (χ3n) is 1.76. The molecular formula is C9H10BrNO2S.